The van der Waals surface area contributed by atoms with Crippen LogP contribution in [0.5, 0.6) is 11.5 Å². The quantitative estimate of drug-likeness (QED) is 0.881. The van der Waals surface area contributed by atoms with E-state index in [9.17, 15) is 13.2 Å². The average Bonchev–Trinajstić information content (AvgIpc) is 3.06. The van der Waals surface area contributed by atoms with Gasteiger partial charge in [-0.1, -0.05) is 6.07 Å². The largest absolute Gasteiger partial charge is 0.480 e. The van der Waals surface area contributed by atoms with Crippen molar-refractivity contribution in [3.63, 3.8) is 0 Å². The zero-order valence-corrected chi connectivity index (χ0v) is 11.3. The van der Waals surface area contributed by atoms with E-state index in [-0.39, 0.29) is 24.0 Å². The molecule has 2 aliphatic rings. The second kappa shape index (κ2) is 4.64. The van der Waals surface area contributed by atoms with E-state index in [4.69, 9.17) is 14.6 Å². The Morgan fingerprint density at radius 3 is 2.90 bits per heavy atom. The lowest BCUT2D eigenvalue weighted by molar-refractivity contribution is -0.140. The first-order valence-corrected chi connectivity index (χ1v) is 7.59. The van der Waals surface area contributed by atoms with Crippen molar-refractivity contribution in [1.29, 1.82) is 0 Å². The predicted octanol–water partition coefficient (Wildman–Crippen LogP) is 0.653. The van der Waals surface area contributed by atoms with Crippen molar-refractivity contribution in [3.05, 3.63) is 18.2 Å². The minimum absolute atomic E-state index is 0.0375. The van der Waals surface area contributed by atoms with Gasteiger partial charge in [-0.2, -0.15) is 4.31 Å². The highest BCUT2D eigenvalue weighted by atomic mass is 32.2. The van der Waals surface area contributed by atoms with Crippen molar-refractivity contribution in [2.24, 2.45) is 0 Å². The van der Waals surface area contributed by atoms with E-state index in [0.717, 1.165) is 4.31 Å². The van der Waals surface area contributed by atoms with Gasteiger partial charge in [-0.3, -0.25) is 4.79 Å². The van der Waals surface area contributed by atoms with E-state index < -0.39 is 22.0 Å². The fourth-order valence-corrected chi connectivity index (χ4v) is 4.30. The maximum absolute atomic E-state index is 12.6. The van der Waals surface area contributed by atoms with Gasteiger partial charge in [-0.25, -0.2) is 8.42 Å². The van der Waals surface area contributed by atoms with Crippen LogP contribution in [0.2, 0.25) is 0 Å². The Labute approximate surface area is 115 Å². The minimum Gasteiger partial charge on any atom is -0.480 e. The molecule has 0 radical (unpaired) electrons. The van der Waals surface area contributed by atoms with Crippen molar-refractivity contribution in [1.82, 2.24) is 4.31 Å². The molecule has 2 aliphatic heterocycles. The second-order valence-electron chi connectivity index (χ2n) is 4.60. The van der Waals surface area contributed by atoms with Gasteiger partial charge in [0, 0.05) is 6.54 Å². The molecule has 1 atom stereocenters. The summed E-state index contributed by atoms with van der Waals surface area (Å²) < 4.78 is 36.6. The molecule has 0 spiro atoms. The average molecular weight is 299 g/mol. The number of rotatable bonds is 3. The van der Waals surface area contributed by atoms with Crippen LogP contribution >= 0.6 is 0 Å². The molecule has 0 aliphatic carbocycles. The third kappa shape index (κ3) is 1.92. The molecular formula is C12H13NO6S. The molecule has 1 fully saturated rings. The van der Waals surface area contributed by atoms with Gasteiger partial charge >= 0.3 is 5.97 Å². The first kappa shape index (κ1) is 13.2. The Morgan fingerprint density at radius 2 is 2.15 bits per heavy atom. The number of sulfonamides is 1. The van der Waals surface area contributed by atoms with Gasteiger partial charge in [0.25, 0.3) is 0 Å². The lowest BCUT2D eigenvalue weighted by Gasteiger charge is -2.21. The molecule has 1 aromatic rings. The van der Waals surface area contributed by atoms with E-state index in [1.54, 1.807) is 12.1 Å². The number of carboxylic acids is 1. The van der Waals surface area contributed by atoms with Crippen molar-refractivity contribution in [2.45, 2.75) is 23.8 Å². The maximum atomic E-state index is 12.6. The fourth-order valence-electron chi connectivity index (χ4n) is 2.51. The van der Waals surface area contributed by atoms with Crippen LogP contribution in [-0.4, -0.2) is 43.2 Å². The molecule has 0 saturated carbocycles. The number of nitrogens with zero attached hydrogens (tertiary/aromatic N) is 1. The number of benzene rings is 1. The monoisotopic (exact) mass is 299 g/mol. The maximum Gasteiger partial charge on any atom is 0.322 e. The van der Waals surface area contributed by atoms with Crippen LogP contribution < -0.4 is 9.47 Å². The summed E-state index contributed by atoms with van der Waals surface area (Å²) in [5.74, 6) is -0.614. The molecule has 7 nitrogen and oxygen atoms in total. The Morgan fingerprint density at radius 1 is 1.35 bits per heavy atom. The number of hydrogen-bond donors (Lipinski definition) is 1. The molecule has 0 unspecified atom stereocenters. The van der Waals surface area contributed by atoms with E-state index in [2.05, 4.69) is 0 Å². The van der Waals surface area contributed by atoms with Crippen molar-refractivity contribution in [2.75, 3.05) is 13.3 Å². The van der Waals surface area contributed by atoms with E-state index in [0.29, 0.717) is 18.6 Å². The lowest BCUT2D eigenvalue weighted by atomic mass is 10.2. The van der Waals surface area contributed by atoms with Crippen LogP contribution in [0.3, 0.4) is 0 Å². The molecule has 0 bridgehead atoms. The van der Waals surface area contributed by atoms with E-state index >= 15 is 0 Å². The molecule has 108 valence electrons. The highest BCUT2D eigenvalue weighted by Crippen LogP contribution is 2.40. The van der Waals surface area contributed by atoms with Crippen LogP contribution in [0.4, 0.5) is 0 Å². The fraction of sp³-hybridized carbons (Fsp3) is 0.417. The van der Waals surface area contributed by atoms with Crippen LogP contribution in [0.25, 0.3) is 0 Å². The van der Waals surface area contributed by atoms with Gasteiger partial charge in [0.05, 0.1) is 0 Å². The van der Waals surface area contributed by atoms with E-state index in [1.807, 2.05) is 0 Å². The van der Waals surface area contributed by atoms with Crippen LogP contribution in [0.1, 0.15) is 12.8 Å². The van der Waals surface area contributed by atoms with Gasteiger partial charge in [0.15, 0.2) is 11.5 Å². The molecule has 1 aromatic carbocycles. The van der Waals surface area contributed by atoms with Gasteiger partial charge < -0.3 is 14.6 Å². The first-order chi connectivity index (χ1) is 9.51. The third-order valence-corrected chi connectivity index (χ3v) is 5.37. The minimum atomic E-state index is -3.91. The summed E-state index contributed by atoms with van der Waals surface area (Å²) in [4.78, 5) is 11.1. The van der Waals surface area contributed by atoms with Gasteiger partial charge in [-0.15, -0.1) is 0 Å². The topological polar surface area (TPSA) is 93.1 Å². The number of carboxylic acid groups (broad SMARTS) is 1. The molecule has 8 heteroatoms. The van der Waals surface area contributed by atoms with Gasteiger partial charge in [0.1, 0.15) is 10.9 Å². The van der Waals surface area contributed by atoms with Crippen molar-refractivity contribution >= 4 is 16.0 Å². The molecule has 0 aromatic heterocycles. The normalized spacial score (nSPS) is 22.1. The Bertz CT molecular complexity index is 656. The smallest absolute Gasteiger partial charge is 0.322 e. The standard InChI is InChI=1S/C12H13NO6S/c14-12(15)8-3-2-6-13(8)20(16,17)10-5-1-4-9-11(10)19-7-18-9/h1,4-5,8H,2-3,6-7H2,(H,14,15)/t8-/m0/s1. The Hall–Kier alpha value is -1.80. The number of aliphatic carboxylic acids is 1. The van der Waals surface area contributed by atoms with Gasteiger partial charge in [0.2, 0.25) is 16.8 Å². The molecule has 20 heavy (non-hydrogen) atoms. The predicted molar refractivity (Wildman–Crippen MR) is 67.1 cm³/mol. The summed E-state index contributed by atoms with van der Waals surface area (Å²) in [6.45, 7) is 0.161. The number of hydrogen-bond acceptors (Lipinski definition) is 5. The first-order valence-electron chi connectivity index (χ1n) is 6.15. The zero-order chi connectivity index (χ0) is 14.3. The Balaban J connectivity index is 2.05. The lowest BCUT2D eigenvalue weighted by Crippen LogP contribution is -2.40. The molecule has 1 N–H and O–H groups in total. The summed E-state index contributed by atoms with van der Waals surface area (Å²) in [6, 6.07) is 3.55. The highest BCUT2D eigenvalue weighted by molar-refractivity contribution is 7.89. The molecular weight excluding hydrogens is 286 g/mol. The third-order valence-electron chi connectivity index (χ3n) is 3.44. The SMILES string of the molecule is O=C(O)[C@@H]1CCCN1S(=O)(=O)c1cccc2c1OCO2. The van der Waals surface area contributed by atoms with Crippen molar-refractivity contribution in [3.8, 4) is 11.5 Å². The molecule has 0 amide bonds. The number of fused-ring (bicyclic) bond motifs is 1. The summed E-state index contributed by atoms with van der Waals surface area (Å²) >= 11 is 0. The van der Waals surface area contributed by atoms with E-state index in [1.165, 1.54) is 6.07 Å². The van der Waals surface area contributed by atoms with Crippen LogP contribution in [0, 0.1) is 0 Å². The molecule has 1 saturated heterocycles. The number of para-hydroxylation sites is 1. The number of carbonyl (C=O) groups is 1. The van der Waals surface area contributed by atoms with Crippen LogP contribution in [-0.2, 0) is 14.8 Å². The summed E-state index contributed by atoms with van der Waals surface area (Å²) in [6.07, 6.45) is 0.851. The molecule has 3 rings (SSSR count). The van der Waals surface area contributed by atoms with Crippen LogP contribution in [0.15, 0.2) is 23.1 Å². The summed E-state index contributed by atoms with van der Waals surface area (Å²) in [5, 5.41) is 9.13. The second-order valence-corrected chi connectivity index (χ2v) is 6.46. The van der Waals surface area contributed by atoms with Crippen molar-refractivity contribution < 1.29 is 27.8 Å². The Kier molecular flexibility index (Phi) is 3.06. The molecule has 2 heterocycles. The zero-order valence-electron chi connectivity index (χ0n) is 10.5. The summed E-state index contributed by atoms with van der Waals surface area (Å²) in [7, 11) is -3.91. The summed E-state index contributed by atoms with van der Waals surface area (Å²) in [5.41, 5.74) is 0. The van der Waals surface area contributed by atoms with Gasteiger partial charge in [-0.05, 0) is 25.0 Å². The highest BCUT2D eigenvalue weighted by Gasteiger charge is 2.41. The number of ether oxygens (including phenoxy) is 2.